The zero-order valence-electron chi connectivity index (χ0n) is 23.3. The maximum absolute atomic E-state index is 13.3. The van der Waals surface area contributed by atoms with Crippen LogP contribution in [-0.4, -0.2) is 62.3 Å². The maximum atomic E-state index is 13.3. The predicted molar refractivity (Wildman–Crippen MR) is 159 cm³/mol. The van der Waals surface area contributed by atoms with Gasteiger partial charge in [0.05, 0.1) is 35.7 Å². The topological polar surface area (TPSA) is 114 Å². The largest absolute Gasteiger partial charge is 0.381 e. The molecule has 0 aliphatic carbocycles. The molecule has 1 unspecified atom stereocenters. The molecule has 1 fully saturated rings. The summed E-state index contributed by atoms with van der Waals surface area (Å²) in [5.74, 6) is 0.0598. The Morgan fingerprint density at radius 1 is 1.14 bits per heavy atom. The number of nitrogens with one attached hydrogen (secondary N) is 2. The molecule has 0 radical (unpaired) electrons. The molecule has 2 aliphatic heterocycles. The standard InChI is InChI=1S/C31H32ClN7O3/c1-20(24-14-34-39(18-24)16-21-5-3-2-4-6-21)35-28(40)19-38-17-23-8-7-22(13-26(23)30(38)41)29-27(32)15-33-31(37-29)36-25-9-11-42-12-10-25/h2-8,13-15,18,20,25H,9-12,16-17,19H2,1H3,(H,35,40)(H,33,36,37). The lowest BCUT2D eigenvalue weighted by Crippen LogP contribution is -2.38. The normalized spacial score (nSPS) is 15.9. The second-order valence-corrected chi connectivity index (χ2v) is 11.1. The summed E-state index contributed by atoms with van der Waals surface area (Å²) in [7, 11) is 0. The lowest BCUT2D eigenvalue weighted by molar-refractivity contribution is -0.122. The smallest absolute Gasteiger partial charge is 0.254 e. The summed E-state index contributed by atoms with van der Waals surface area (Å²) < 4.78 is 7.27. The van der Waals surface area contributed by atoms with Crippen LogP contribution >= 0.6 is 11.6 Å². The zero-order valence-corrected chi connectivity index (χ0v) is 24.1. The summed E-state index contributed by atoms with van der Waals surface area (Å²) in [6.07, 6.45) is 7.03. The van der Waals surface area contributed by atoms with Gasteiger partial charge in [-0.15, -0.1) is 0 Å². The fourth-order valence-corrected chi connectivity index (χ4v) is 5.50. The third-order valence-corrected chi connectivity index (χ3v) is 7.89. The lowest BCUT2D eigenvalue weighted by atomic mass is 10.0. The van der Waals surface area contributed by atoms with E-state index in [2.05, 4.69) is 25.7 Å². The summed E-state index contributed by atoms with van der Waals surface area (Å²) in [6, 6.07) is 15.6. The molecule has 0 spiro atoms. The van der Waals surface area contributed by atoms with E-state index in [1.807, 2.05) is 60.3 Å². The van der Waals surface area contributed by atoms with E-state index >= 15 is 0 Å². The molecule has 2 aliphatic rings. The summed E-state index contributed by atoms with van der Waals surface area (Å²) in [5.41, 5.74) is 4.72. The van der Waals surface area contributed by atoms with E-state index in [1.54, 1.807) is 23.4 Å². The van der Waals surface area contributed by atoms with Crippen LogP contribution in [0.5, 0.6) is 0 Å². The first-order chi connectivity index (χ1) is 20.4. The first-order valence-corrected chi connectivity index (χ1v) is 14.5. The van der Waals surface area contributed by atoms with Gasteiger partial charge < -0.3 is 20.3 Å². The van der Waals surface area contributed by atoms with Crippen LogP contribution in [0.15, 0.2) is 67.1 Å². The number of halogens is 1. The van der Waals surface area contributed by atoms with Crippen LogP contribution < -0.4 is 10.6 Å². The highest BCUT2D eigenvalue weighted by atomic mass is 35.5. The number of anilines is 1. The molecule has 1 atom stereocenters. The summed E-state index contributed by atoms with van der Waals surface area (Å²) in [5, 5.41) is 11.2. The molecule has 6 rings (SSSR count). The molecule has 2 aromatic heterocycles. The van der Waals surface area contributed by atoms with Gasteiger partial charge in [0.1, 0.15) is 6.54 Å². The number of hydrogen-bond acceptors (Lipinski definition) is 7. The molecule has 216 valence electrons. The molecular weight excluding hydrogens is 554 g/mol. The lowest BCUT2D eigenvalue weighted by Gasteiger charge is -2.23. The van der Waals surface area contributed by atoms with Gasteiger partial charge in [-0.3, -0.25) is 14.3 Å². The molecule has 4 aromatic rings. The Morgan fingerprint density at radius 2 is 1.95 bits per heavy atom. The number of benzene rings is 2. The molecule has 10 nitrogen and oxygen atoms in total. The third-order valence-electron chi connectivity index (χ3n) is 7.61. The number of aromatic nitrogens is 4. The first-order valence-electron chi connectivity index (χ1n) is 14.1. The number of rotatable bonds is 9. The number of ether oxygens (including phenoxy) is 1. The second kappa shape index (κ2) is 12.3. The molecule has 0 saturated carbocycles. The average molecular weight is 586 g/mol. The Balaban J connectivity index is 1.08. The van der Waals surface area contributed by atoms with Crippen molar-refractivity contribution in [2.45, 2.75) is 44.9 Å². The number of hydrogen-bond donors (Lipinski definition) is 2. The Kier molecular flexibility index (Phi) is 8.16. The molecule has 11 heteroatoms. The van der Waals surface area contributed by atoms with Crippen molar-refractivity contribution in [1.29, 1.82) is 0 Å². The van der Waals surface area contributed by atoms with Crippen LogP contribution in [0.1, 0.15) is 52.9 Å². The highest BCUT2D eigenvalue weighted by molar-refractivity contribution is 6.33. The van der Waals surface area contributed by atoms with E-state index in [-0.39, 0.29) is 30.4 Å². The van der Waals surface area contributed by atoms with Gasteiger partial charge in [-0.05, 0) is 37.0 Å². The van der Waals surface area contributed by atoms with E-state index in [1.165, 1.54) is 0 Å². The zero-order chi connectivity index (χ0) is 29.1. The van der Waals surface area contributed by atoms with Gasteiger partial charge in [0, 0.05) is 48.7 Å². The van der Waals surface area contributed by atoms with Crippen molar-refractivity contribution in [2.75, 3.05) is 25.1 Å². The number of nitrogens with zero attached hydrogens (tertiary/aromatic N) is 5. The molecule has 2 amide bonds. The second-order valence-electron chi connectivity index (χ2n) is 10.7. The first kappa shape index (κ1) is 27.9. The minimum Gasteiger partial charge on any atom is -0.381 e. The Morgan fingerprint density at radius 3 is 2.76 bits per heavy atom. The third kappa shape index (κ3) is 6.29. The van der Waals surface area contributed by atoms with Gasteiger partial charge in [-0.1, -0.05) is 54.1 Å². The quantitative estimate of drug-likeness (QED) is 0.298. The fraction of sp³-hybridized carbons (Fsp3) is 0.323. The summed E-state index contributed by atoms with van der Waals surface area (Å²) >= 11 is 6.47. The number of carbonyl (C=O) groups excluding carboxylic acids is 2. The SMILES string of the molecule is CC(NC(=O)CN1Cc2ccc(-c3nc(NC4CCOCC4)ncc3Cl)cc2C1=O)c1cnn(Cc2ccccc2)c1. The van der Waals surface area contributed by atoms with E-state index < -0.39 is 0 Å². The molecular formula is C31H32ClN7O3. The monoisotopic (exact) mass is 585 g/mol. The molecule has 1 saturated heterocycles. The molecule has 2 N–H and O–H groups in total. The molecule has 4 heterocycles. The van der Waals surface area contributed by atoms with Crippen molar-refractivity contribution in [3.8, 4) is 11.3 Å². The highest BCUT2D eigenvalue weighted by Crippen LogP contribution is 2.31. The van der Waals surface area contributed by atoms with Gasteiger partial charge in [0.25, 0.3) is 5.91 Å². The van der Waals surface area contributed by atoms with E-state index in [0.717, 1.165) is 35.1 Å². The van der Waals surface area contributed by atoms with Gasteiger partial charge in [0.2, 0.25) is 11.9 Å². The van der Waals surface area contributed by atoms with Crippen LogP contribution in [0, 0.1) is 0 Å². The van der Waals surface area contributed by atoms with Crippen molar-refractivity contribution < 1.29 is 14.3 Å². The Hall–Kier alpha value is -4.28. The Labute approximate surface area is 249 Å². The maximum Gasteiger partial charge on any atom is 0.254 e. The number of fused-ring (bicyclic) bond motifs is 1. The number of amides is 2. The van der Waals surface area contributed by atoms with Crippen LogP contribution in [0.4, 0.5) is 5.95 Å². The van der Waals surface area contributed by atoms with Crippen molar-refractivity contribution in [2.24, 2.45) is 0 Å². The van der Waals surface area contributed by atoms with Crippen molar-refractivity contribution in [3.05, 3.63) is 94.4 Å². The molecule has 0 bridgehead atoms. The summed E-state index contributed by atoms with van der Waals surface area (Å²) in [4.78, 5) is 36.8. The van der Waals surface area contributed by atoms with E-state index in [4.69, 9.17) is 16.3 Å². The Bertz CT molecular complexity index is 1590. The van der Waals surface area contributed by atoms with Crippen LogP contribution in [0.3, 0.4) is 0 Å². The average Bonchev–Trinajstić information content (AvgIpc) is 3.59. The van der Waals surface area contributed by atoms with Gasteiger partial charge in [0.15, 0.2) is 0 Å². The minimum absolute atomic E-state index is 0.0429. The van der Waals surface area contributed by atoms with Gasteiger partial charge in [-0.25, -0.2) is 9.97 Å². The highest BCUT2D eigenvalue weighted by Gasteiger charge is 2.30. The van der Waals surface area contributed by atoms with Gasteiger partial charge >= 0.3 is 0 Å². The molecule has 42 heavy (non-hydrogen) atoms. The van der Waals surface area contributed by atoms with E-state index in [9.17, 15) is 9.59 Å². The van der Waals surface area contributed by atoms with Crippen molar-refractivity contribution >= 4 is 29.4 Å². The van der Waals surface area contributed by atoms with Crippen molar-refractivity contribution in [3.63, 3.8) is 0 Å². The van der Waals surface area contributed by atoms with Crippen molar-refractivity contribution in [1.82, 2.24) is 30.0 Å². The van der Waals surface area contributed by atoms with Crippen LogP contribution in [0.25, 0.3) is 11.3 Å². The number of carbonyl (C=O) groups is 2. The van der Waals surface area contributed by atoms with Crippen LogP contribution in [-0.2, 0) is 22.6 Å². The van der Waals surface area contributed by atoms with Crippen LogP contribution in [0.2, 0.25) is 5.02 Å². The minimum atomic E-state index is -0.252. The molecule has 2 aromatic carbocycles. The summed E-state index contributed by atoms with van der Waals surface area (Å²) in [6.45, 7) is 4.29. The fourth-order valence-electron chi connectivity index (χ4n) is 5.30. The predicted octanol–water partition coefficient (Wildman–Crippen LogP) is 4.47. The van der Waals surface area contributed by atoms with E-state index in [0.29, 0.717) is 48.5 Å². The van der Waals surface area contributed by atoms with Gasteiger partial charge in [-0.2, -0.15) is 5.10 Å².